The third kappa shape index (κ3) is 11.1. The van der Waals surface area contributed by atoms with Gasteiger partial charge in [0.15, 0.2) is 8.32 Å². The zero-order valence-electron chi connectivity index (χ0n) is 28.9. The Morgan fingerprint density at radius 2 is 1.42 bits per heavy atom. The van der Waals surface area contributed by atoms with E-state index in [2.05, 4.69) is 49.5 Å². The molecule has 8 nitrogen and oxygen atoms in total. The summed E-state index contributed by atoms with van der Waals surface area (Å²) in [6.07, 6.45) is 0.960. The molecule has 2 amide bonds. The number of benzene rings is 3. The molecule has 4 aromatic rings. The first kappa shape index (κ1) is 36.4. The molecule has 0 spiro atoms. The second-order valence-corrected chi connectivity index (χ2v) is 18.7. The molecule has 1 aromatic heterocycles. The van der Waals surface area contributed by atoms with Crippen molar-refractivity contribution >= 4 is 20.5 Å². The zero-order valence-corrected chi connectivity index (χ0v) is 29.9. The molecular weight excluding hydrogens is 619 g/mol. The van der Waals surface area contributed by atoms with Crippen LogP contribution in [0.4, 0.5) is 9.59 Å². The highest BCUT2D eigenvalue weighted by molar-refractivity contribution is 6.74. The number of aromatic nitrogens is 1. The average molecular weight is 668 g/mol. The molecule has 0 saturated heterocycles. The van der Waals surface area contributed by atoms with Gasteiger partial charge in [0, 0.05) is 17.8 Å². The van der Waals surface area contributed by atoms with E-state index in [1.165, 1.54) is 0 Å². The first-order valence-electron chi connectivity index (χ1n) is 16.5. The number of carbonyl (C=O) groups is 2. The minimum atomic E-state index is -2.39. The molecule has 9 heteroatoms. The van der Waals surface area contributed by atoms with Crippen LogP contribution < -0.4 is 10.6 Å². The summed E-state index contributed by atoms with van der Waals surface area (Å²) in [6, 6.07) is 30.6. The van der Waals surface area contributed by atoms with E-state index >= 15 is 0 Å². The van der Waals surface area contributed by atoms with Gasteiger partial charge in [0.2, 0.25) is 0 Å². The molecule has 3 atom stereocenters. The first-order valence-corrected chi connectivity index (χ1v) is 19.4. The lowest BCUT2D eigenvalue weighted by Crippen LogP contribution is -2.54. The number of rotatable bonds is 14. The van der Waals surface area contributed by atoms with E-state index in [4.69, 9.17) is 9.16 Å². The smallest absolute Gasteiger partial charge is 0.407 e. The summed E-state index contributed by atoms with van der Waals surface area (Å²) in [5.74, 6) is 0. The van der Waals surface area contributed by atoms with E-state index in [1.54, 1.807) is 0 Å². The van der Waals surface area contributed by atoms with Crippen LogP contribution in [0.1, 0.15) is 49.4 Å². The van der Waals surface area contributed by atoms with Crippen LogP contribution in [0.25, 0.3) is 11.3 Å². The van der Waals surface area contributed by atoms with E-state index in [-0.39, 0.29) is 11.6 Å². The molecule has 3 N–H and O–H groups in total. The summed E-state index contributed by atoms with van der Waals surface area (Å²) >= 11 is 0. The Morgan fingerprint density at radius 1 is 0.812 bits per heavy atom. The number of alkyl carbamates (subject to hydrolysis) is 1. The van der Waals surface area contributed by atoms with Crippen LogP contribution in [-0.4, -0.2) is 48.8 Å². The molecule has 0 bridgehead atoms. The van der Waals surface area contributed by atoms with Crippen molar-refractivity contribution in [2.24, 2.45) is 0 Å². The summed E-state index contributed by atoms with van der Waals surface area (Å²) in [7, 11) is -2.39. The second kappa shape index (κ2) is 16.6. The van der Waals surface area contributed by atoms with Crippen molar-refractivity contribution in [2.45, 2.75) is 89.9 Å². The van der Waals surface area contributed by atoms with Gasteiger partial charge >= 0.3 is 12.2 Å². The van der Waals surface area contributed by atoms with E-state index in [9.17, 15) is 14.7 Å². The maximum Gasteiger partial charge on any atom is 0.407 e. The molecule has 0 fully saturated rings. The highest BCUT2D eigenvalue weighted by Crippen LogP contribution is 2.38. The van der Waals surface area contributed by atoms with Crippen LogP contribution in [0.5, 0.6) is 0 Å². The predicted molar refractivity (Wildman–Crippen MR) is 193 cm³/mol. The van der Waals surface area contributed by atoms with Gasteiger partial charge in [-0.2, -0.15) is 0 Å². The fraction of sp³-hybridized carbons (Fsp3) is 0.359. The fourth-order valence-electron chi connectivity index (χ4n) is 5.29. The fourth-order valence-corrected chi connectivity index (χ4v) is 6.66. The van der Waals surface area contributed by atoms with Crippen molar-refractivity contribution < 1.29 is 23.9 Å². The zero-order chi connectivity index (χ0) is 34.7. The lowest BCUT2D eigenvalue weighted by molar-refractivity contribution is 0.102. The Hall–Kier alpha value is -4.47. The molecule has 0 saturated carbocycles. The summed E-state index contributed by atoms with van der Waals surface area (Å²) < 4.78 is 12.7. The number of pyridine rings is 1. The standard InChI is InChI=1S/C39H49N3O5Si/c1-28-17-22-34(40-26-28)32-20-18-30(19-21-32)23-33(41-38(45)46-27-31-15-11-8-12-16-31)25-36(47-48(5,6)39(2,3)4)35(42-37(43)44)24-29-13-9-7-10-14-29/h7-22,26,33,35-36,42H,23-25,27H2,1-6H3,(H,41,45)(H,43,44)/t33-,35-,36+/m0/s1. The van der Waals surface area contributed by atoms with Crippen LogP contribution in [0.3, 0.4) is 0 Å². The highest BCUT2D eigenvalue weighted by Gasteiger charge is 2.42. The maximum atomic E-state index is 13.3. The van der Waals surface area contributed by atoms with Gasteiger partial charge in [-0.1, -0.05) is 112 Å². The summed E-state index contributed by atoms with van der Waals surface area (Å²) in [5, 5.41) is 15.7. The Balaban J connectivity index is 1.64. The number of aryl methyl sites for hydroxylation is 1. The minimum Gasteiger partial charge on any atom is -0.465 e. The summed E-state index contributed by atoms with van der Waals surface area (Å²) in [6.45, 7) is 13.0. The first-order chi connectivity index (χ1) is 22.8. The molecule has 4 rings (SSSR count). The molecule has 0 aliphatic heterocycles. The molecule has 0 radical (unpaired) electrons. The molecule has 0 aliphatic carbocycles. The van der Waals surface area contributed by atoms with Crippen molar-refractivity contribution in [1.29, 1.82) is 0 Å². The van der Waals surface area contributed by atoms with E-state index < -0.39 is 38.7 Å². The van der Waals surface area contributed by atoms with Crippen LogP contribution in [-0.2, 0) is 28.6 Å². The SMILES string of the molecule is Cc1ccc(-c2ccc(C[C@@H](C[C@@H](O[Si](C)(C)C(C)(C)C)[C@H](Cc3ccccc3)NC(=O)O)NC(=O)OCc3ccccc3)cc2)nc1. The van der Waals surface area contributed by atoms with Gasteiger partial charge in [-0.25, -0.2) is 9.59 Å². The van der Waals surface area contributed by atoms with Crippen LogP contribution >= 0.6 is 0 Å². The van der Waals surface area contributed by atoms with Gasteiger partial charge in [0.05, 0.1) is 17.8 Å². The molecule has 0 aliphatic rings. The van der Waals surface area contributed by atoms with E-state index in [0.29, 0.717) is 19.3 Å². The van der Waals surface area contributed by atoms with Crippen molar-refractivity contribution in [2.75, 3.05) is 0 Å². The van der Waals surface area contributed by atoms with Crippen molar-refractivity contribution in [1.82, 2.24) is 15.6 Å². The monoisotopic (exact) mass is 667 g/mol. The number of hydrogen-bond donors (Lipinski definition) is 3. The number of nitrogens with zero attached hydrogens (tertiary/aromatic N) is 1. The number of carboxylic acid groups (broad SMARTS) is 1. The number of nitrogens with one attached hydrogen (secondary N) is 2. The molecule has 1 heterocycles. The Morgan fingerprint density at radius 3 is 1.98 bits per heavy atom. The maximum absolute atomic E-state index is 13.3. The van der Waals surface area contributed by atoms with Gasteiger partial charge in [-0.15, -0.1) is 0 Å². The Bertz CT molecular complexity index is 1590. The van der Waals surface area contributed by atoms with Crippen molar-refractivity contribution in [3.63, 3.8) is 0 Å². The largest absolute Gasteiger partial charge is 0.465 e. The van der Waals surface area contributed by atoms with Gasteiger partial charge in [0.1, 0.15) is 6.61 Å². The van der Waals surface area contributed by atoms with Crippen LogP contribution in [0.2, 0.25) is 18.1 Å². The predicted octanol–water partition coefficient (Wildman–Crippen LogP) is 8.55. The molecule has 48 heavy (non-hydrogen) atoms. The topological polar surface area (TPSA) is 110 Å². The molecule has 0 unspecified atom stereocenters. The summed E-state index contributed by atoms with van der Waals surface area (Å²) in [4.78, 5) is 30.0. The highest BCUT2D eigenvalue weighted by atomic mass is 28.4. The Labute approximate surface area is 286 Å². The van der Waals surface area contributed by atoms with Crippen molar-refractivity contribution in [3.8, 4) is 11.3 Å². The molecule has 3 aromatic carbocycles. The Kier molecular flexibility index (Phi) is 12.6. The van der Waals surface area contributed by atoms with E-state index in [1.807, 2.05) is 110 Å². The third-order valence-electron chi connectivity index (χ3n) is 9.00. The summed E-state index contributed by atoms with van der Waals surface area (Å²) in [5.41, 5.74) is 5.87. The lowest BCUT2D eigenvalue weighted by atomic mass is 9.93. The third-order valence-corrected chi connectivity index (χ3v) is 13.5. The number of carbonyl (C=O) groups excluding carboxylic acids is 1. The average Bonchev–Trinajstić information content (AvgIpc) is 3.04. The normalized spacial score (nSPS) is 13.6. The molecular formula is C39H49N3O5Si. The lowest BCUT2D eigenvalue weighted by Gasteiger charge is -2.42. The molecule has 254 valence electrons. The van der Waals surface area contributed by atoms with Crippen LogP contribution in [0, 0.1) is 6.92 Å². The number of hydrogen-bond acceptors (Lipinski definition) is 5. The quantitative estimate of drug-likeness (QED) is 0.116. The van der Waals surface area contributed by atoms with Gasteiger partial charge in [0.25, 0.3) is 0 Å². The van der Waals surface area contributed by atoms with Gasteiger partial charge < -0.3 is 24.9 Å². The second-order valence-electron chi connectivity index (χ2n) is 13.9. The van der Waals surface area contributed by atoms with Gasteiger partial charge in [-0.3, -0.25) is 4.98 Å². The number of ether oxygens (including phenoxy) is 1. The van der Waals surface area contributed by atoms with Gasteiger partial charge in [-0.05, 0) is 72.6 Å². The minimum absolute atomic E-state index is 0.122. The van der Waals surface area contributed by atoms with Crippen LogP contribution in [0.15, 0.2) is 103 Å². The van der Waals surface area contributed by atoms with E-state index in [0.717, 1.165) is 33.5 Å². The number of amides is 2. The van der Waals surface area contributed by atoms with Crippen molar-refractivity contribution in [3.05, 3.63) is 126 Å².